The highest BCUT2D eigenvalue weighted by Crippen LogP contribution is 2.35. The number of likely N-dealkylation sites (tertiary alicyclic amines) is 1. The molecule has 1 saturated heterocycles. The summed E-state index contributed by atoms with van der Waals surface area (Å²) in [5, 5.41) is 9.10. The van der Waals surface area contributed by atoms with Crippen molar-refractivity contribution < 1.29 is 0 Å². The zero-order valence-corrected chi connectivity index (χ0v) is 14.8. The van der Waals surface area contributed by atoms with Crippen LogP contribution >= 0.6 is 0 Å². The number of rotatable bonds is 4. The number of hydrogen-bond acceptors (Lipinski definition) is 5. The molecule has 0 unspecified atom stereocenters. The Balaban J connectivity index is 1.57. The van der Waals surface area contributed by atoms with Gasteiger partial charge in [0.2, 0.25) is 0 Å². The minimum Gasteiger partial charge on any atom is -0.384 e. The van der Waals surface area contributed by atoms with Gasteiger partial charge in [-0.1, -0.05) is 0 Å². The first-order valence-corrected chi connectivity index (χ1v) is 8.85. The van der Waals surface area contributed by atoms with E-state index in [0.717, 1.165) is 29.7 Å². The predicted molar refractivity (Wildman–Crippen MR) is 99.3 cm³/mol. The van der Waals surface area contributed by atoms with E-state index in [2.05, 4.69) is 38.4 Å². The summed E-state index contributed by atoms with van der Waals surface area (Å²) in [4.78, 5) is 11.1. The van der Waals surface area contributed by atoms with Gasteiger partial charge in [-0.2, -0.15) is 5.10 Å². The van der Waals surface area contributed by atoms with Crippen molar-refractivity contribution in [3.05, 3.63) is 48.7 Å². The van der Waals surface area contributed by atoms with E-state index in [0.29, 0.717) is 12.0 Å². The Morgan fingerprint density at radius 1 is 1.16 bits per heavy atom. The van der Waals surface area contributed by atoms with E-state index in [1.165, 1.54) is 18.5 Å². The largest absolute Gasteiger partial charge is 0.384 e. The molecule has 0 spiro atoms. The number of fused-ring (bicyclic) bond motifs is 1. The van der Waals surface area contributed by atoms with Gasteiger partial charge in [0.25, 0.3) is 0 Å². The molecule has 1 N–H and O–H groups in total. The lowest BCUT2D eigenvalue weighted by Gasteiger charge is -2.39. The molecule has 0 amide bonds. The van der Waals surface area contributed by atoms with Gasteiger partial charge in [0.05, 0.1) is 17.3 Å². The first-order valence-electron chi connectivity index (χ1n) is 8.85. The molecule has 25 heavy (non-hydrogen) atoms. The van der Waals surface area contributed by atoms with Gasteiger partial charge in [-0.05, 0) is 50.6 Å². The third-order valence-electron chi connectivity index (χ3n) is 5.27. The molecular weight excluding hydrogens is 312 g/mol. The van der Waals surface area contributed by atoms with Gasteiger partial charge < -0.3 is 5.32 Å². The number of hydrogen-bond donors (Lipinski definition) is 1. The maximum absolute atomic E-state index is 4.42. The second-order valence-corrected chi connectivity index (χ2v) is 6.84. The summed E-state index contributed by atoms with van der Waals surface area (Å²) in [6.07, 6.45) is 9.87. The maximum atomic E-state index is 4.42. The van der Waals surface area contributed by atoms with Gasteiger partial charge in [0, 0.05) is 49.5 Å². The minimum atomic E-state index is 0.389. The van der Waals surface area contributed by atoms with Gasteiger partial charge in [-0.25, -0.2) is 0 Å². The second-order valence-electron chi connectivity index (χ2n) is 6.84. The normalized spacial score (nSPS) is 21.5. The average molecular weight is 336 g/mol. The zero-order chi connectivity index (χ0) is 17.2. The monoisotopic (exact) mass is 336 g/mol. The molecule has 1 aliphatic heterocycles. The van der Waals surface area contributed by atoms with Crippen molar-refractivity contribution in [2.24, 2.45) is 13.0 Å². The number of anilines is 1. The average Bonchev–Trinajstić information content (AvgIpc) is 3.05. The van der Waals surface area contributed by atoms with Crippen LogP contribution in [-0.4, -0.2) is 44.8 Å². The molecule has 3 aromatic rings. The van der Waals surface area contributed by atoms with Gasteiger partial charge in [0.15, 0.2) is 0 Å². The fourth-order valence-corrected chi connectivity index (χ4v) is 4.00. The van der Waals surface area contributed by atoms with Crippen LogP contribution < -0.4 is 5.32 Å². The number of aromatic nitrogens is 4. The molecule has 1 aliphatic rings. The lowest BCUT2D eigenvalue weighted by atomic mass is 9.87. The first-order chi connectivity index (χ1) is 12.2. The lowest BCUT2D eigenvalue weighted by molar-refractivity contribution is 0.121. The fourth-order valence-electron chi connectivity index (χ4n) is 4.00. The van der Waals surface area contributed by atoms with Crippen LogP contribution in [0.5, 0.6) is 0 Å². The summed E-state index contributed by atoms with van der Waals surface area (Å²) in [5.74, 6) is 0.536. The summed E-state index contributed by atoms with van der Waals surface area (Å²) in [6, 6.07) is 6.52. The molecule has 4 heterocycles. The highest BCUT2D eigenvalue weighted by Gasteiger charge is 2.32. The number of pyridine rings is 2. The molecular formula is C19H24N6. The SMILES string of the molecule is CN1CCC[C@@H](CNc2ccnc3ccncc23)[C@@H]1c1ccnn1C. The number of nitrogens with zero attached hydrogens (tertiary/aromatic N) is 5. The summed E-state index contributed by atoms with van der Waals surface area (Å²) < 4.78 is 2.01. The predicted octanol–water partition coefficient (Wildman–Crippen LogP) is 2.86. The van der Waals surface area contributed by atoms with Crippen molar-refractivity contribution >= 4 is 16.6 Å². The molecule has 0 aliphatic carbocycles. The summed E-state index contributed by atoms with van der Waals surface area (Å²) in [7, 11) is 4.25. The number of piperidine rings is 1. The van der Waals surface area contributed by atoms with Gasteiger partial charge in [0.1, 0.15) is 0 Å². The Bertz CT molecular complexity index is 853. The van der Waals surface area contributed by atoms with E-state index in [-0.39, 0.29) is 0 Å². The van der Waals surface area contributed by atoms with Crippen LogP contribution in [0.2, 0.25) is 0 Å². The summed E-state index contributed by atoms with van der Waals surface area (Å²) >= 11 is 0. The van der Waals surface area contributed by atoms with Crippen LogP contribution in [0.3, 0.4) is 0 Å². The molecule has 4 rings (SSSR count). The fraction of sp³-hybridized carbons (Fsp3) is 0.421. The summed E-state index contributed by atoms with van der Waals surface area (Å²) in [5.41, 5.74) is 3.37. The first kappa shape index (κ1) is 16.0. The lowest BCUT2D eigenvalue weighted by Crippen LogP contribution is -2.39. The van der Waals surface area contributed by atoms with Crippen molar-refractivity contribution in [1.29, 1.82) is 0 Å². The van der Waals surface area contributed by atoms with E-state index < -0.39 is 0 Å². The molecule has 6 heteroatoms. The van der Waals surface area contributed by atoms with Crippen LogP contribution in [0.1, 0.15) is 24.6 Å². The Hall–Kier alpha value is -2.47. The molecule has 0 radical (unpaired) electrons. The minimum absolute atomic E-state index is 0.389. The molecule has 0 saturated carbocycles. The third-order valence-corrected chi connectivity index (χ3v) is 5.27. The number of nitrogens with one attached hydrogen (secondary N) is 1. The Labute approximate surface area is 147 Å². The van der Waals surface area contributed by atoms with E-state index in [1.54, 1.807) is 6.20 Å². The zero-order valence-electron chi connectivity index (χ0n) is 14.8. The van der Waals surface area contributed by atoms with Crippen LogP contribution in [0, 0.1) is 5.92 Å². The Morgan fingerprint density at radius 2 is 2.08 bits per heavy atom. The molecule has 2 atom stereocenters. The van der Waals surface area contributed by atoms with Crippen molar-refractivity contribution in [2.75, 3.05) is 25.5 Å². The van der Waals surface area contributed by atoms with Gasteiger partial charge >= 0.3 is 0 Å². The van der Waals surface area contributed by atoms with Crippen molar-refractivity contribution in [3.8, 4) is 0 Å². The van der Waals surface area contributed by atoms with Crippen molar-refractivity contribution in [2.45, 2.75) is 18.9 Å². The van der Waals surface area contributed by atoms with Crippen LogP contribution in [0.15, 0.2) is 43.0 Å². The van der Waals surface area contributed by atoms with Gasteiger partial charge in [-0.15, -0.1) is 0 Å². The van der Waals surface area contributed by atoms with E-state index >= 15 is 0 Å². The Morgan fingerprint density at radius 3 is 2.92 bits per heavy atom. The standard InChI is InChI=1S/C19H24N6/c1-24-11-3-4-14(19(24)18-7-10-23-25(18)2)12-22-17-6-9-21-16-5-8-20-13-15(16)17/h5-10,13-14,19H,3-4,11-12H2,1-2H3,(H,21,22)/t14-,19+/m0/s1. The van der Waals surface area contributed by atoms with Crippen LogP contribution in [-0.2, 0) is 7.05 Å². The molecule has 0 aromatic carbocycles. The topological polar surface area (TPSA) is 58.9 Å². The van der Waals surface area contributed by atoms with Gasteiger partial charge in [-0.3, -0.25) is 19.5 Å². The second kappa shape index (κ2) is 6.80. The van der Waals surface area contributed by atoms with Crippen LogP contribution in [0.25, 0.3) is 10.9 Å². The molecule has 6 nitrogen and oxygen atoms in total. The van der Waals surface area contributed by atoms with Crippen molar-refractivity contribution in [3.63, 3.8) is 0 Å². The van der Waals surface area contributed by atoms with Crippen molar-refractivity contribution in [1.82, 2.24) is 24.6 Å². The smallest absolute Gasteiger partial charge is 0.0753 e. The summed E-state index contributed by atoms with van der Waals surface area (Å²) in [6.45, 7) is 2.06. The molecule has 130 valence electrons. The van der Waals surface area contributed by atoms with Crippen LogP contribution in [0.4, 0.5) is 5.69 Å². The molecule has 1 fully saturated rings. The Kier molecular flexibility index (Phi) is 4.36. The number of aryl methyl sites for hydroxylation is 1. The third kappa shape index (κ3) is 3.09. The quantitative estimate of drug-likeness (QED) is 0.794. The van der Waals surface area contributed by atoms with E-state index in [1.807, 2.05) is 42.5 Å². The van der Waals surface area contributed by atoms with E-state index in [4.69, 9.17) is 0 Å². The highest BCUT2D eigenvalue weighted by molar-refractivity contribution is 5.90. The highest BCUT2D eigenvalue weighted by atomic mass is 15.3. The maximum Gasteiger partial charge on any atom is 0.0753 e. The van der Waals surface area contributed by atoms with E-state index in [9.17, 15) is 0 Å². The molecule has 3 aromatic heterocycles. The molecule has 0 bridgehead atoms.